The van der Waals surface area contributed by atoms with Gasteiger partial charge in [0, 0.05) is 25.5 Å². The molecule has 8 heteroatoms. The molecule has 0 saturated heterocycles. The second-order valence-electron chi connectivity index (χ2n) is 5.28. The molecular formula is C16H17FN6O. The van der Waals surface area contributed by atoms with E-state index in [0.29, 0.717) is 11.5 Å². The number of rotatable bonds is 5. The smallest absolute Gasteiger partial charge is 0.244 e. The van der Waals surface area contributed by atoms with Crippen molar-refractivity contribution in [2.24, 2.45) is 7.05 Å². The van der Waals surface area contributed by atoms with Crippen LogP contribution in [0.15, 0.2) is 42.7 Å². The Morgan fingerprint density at radius 3 is 2.83 bits per heavy atom. The van der Waals surface area contributed by atoms with E-state index in [2.05, 4.69) is 20.8 Å². The Morgan fingerprint density at radius 2 is 2.17 bits per heavy atom. The molecule has 24 heavy (non-hydrogen) atoms. The summed E-state index contributed by atoms with van der Waals surface area (Å²) in [6.45, 7) is 1.75. The van der Waals surface area contributed by atoms with Gasteiger partial charge in [-0.25, -0.2) is 9.07 Å². The number of hydrogen-bond donors (Lipinski definition) is 2. The van der Waals surface area contributed by atoms with E-state index in [4.69, 9.17) is 0 Å². The lowest BCUT2D eigenvalue weighted by molar-refractivity contribution is -0.114. The number of carbonyl (C=O) groups excluding carboxylic acids is 1. The molecule has 0 fully saturated rings. The summed E-state index contributed by atoms with van der Waals surface area (Å²) in [5, 5.41) is 13.8. The third kappa shape index (κ3) is 3.27. The van der Waals surface area contributed by atoms with Crippen LogP contribution in [0.1, 0.15) is 5.69 Å². The van der Waals surface area contributed by atoms with Gasteiger partial charge in [-0.05, 0) is 25.1 Å². The first-order chi connectivity index (χ1) is 11.5. The van der Waals surface area contributed by atoms with E-state index >= 15 is 0 Å². The molecule has 124 valence electrons. The maximum atomic E-state index is 14.1. The standard InChI is InChI=1S/C16H17FN6O/c1-11-9-14(22(2)21-11)20-15(24)10-18-16-12(17)5-3-6-13(16)23-8-4-7-19-23/h3-9,18H,10H2,1-2H3,(H,20,24). The van der Waals surface area contributed by atoms with Crippen molar-refractivity contribution in [2.45, 2.75) is 6.92 Å². The molecule has 1 amide bonds. The predicted molar refractivity (Wildman–Crippen MR) is 88.6 cm³/mol. The molecule has 0 aliphatic heterocycles. The quantitative estimate of drug-likeness (QED) is 0.752. The van der Waals surface area contributed by atoms with Crippen molar-refractivity contribution >= 4 is 17.4 Å². The van der Waals surface area contributed by atoms with Gasteiger partial charge in [-0.2, -0.15) is 10.2 Å². The summed E-state index contributed by atoms with van der Waals surface area (Å²) in [7, 11) is 1.74. The Morgan fingerprint density at radius 1 is 1.33 bits per heavy atom. The van der Waals surface area contributed by atoms with Crippen LogP contribution in [0.25, 0.3) is 5.69 Å². The Labute approximate surface area is 138 Å². The fraction of sp³-hybridized carbons (Fsp3) is 0.188. The molecule has 0 spiro atoms. The highest BCUT2D eigenvalue weighted by Gasteiger charge is 2.13. The van der Waals surface area contributed by atoms with E-state index in [1.165, 1.54) is 10.7 Å². The lowest BCUT2D eigenvalue weighted by atomic mass is 10.2. The largest absolute Gasteiger partial charge is 0.372 e. The van der Waals surface area contributed by atoms with Gasteiger partial charge in [0.05, 0.1) is 23.6 Å². The van der Waals surface area contributed by atoms with Crippen LogP contribution < -0.4 is 10.6 Å². The van der Waals surface area contributed by atoms with Crippen LogP contribution in [0.3, 0.4) is 0 Å². The number of para-hydroxylation sites is 1. The minimum absolute atomic E-state index is 0.0839. The molecule has 1 aromatic carbocycles. The molecule has 0 bridgehead atoms. The fourth-order valence-corrected chi connectivity index (χ4v) is 2.37. The molecular weight excluding hydrogens is 311 g/mol. The summed E-state index contributed by atoms with van der Waals surface area (Å²) >= 11 is 0. The molecule has 0 atom stereocenters. The van der Waals surface area contributed by atoms with Crippen LogP contribution in [-0.2, 0) is 11.8 Å². The minimum atomic E-state index is -0.452. The van der Waals surface area contributed by atoms with Crippen LogP contribution in [0.5, 0.6) is 0 Å². The molecule has 7 nitrogen and oxygen atoms in total. The summed E-state index contributed by atoms with van der Waals surface area (Å²) in [5.41, 5.74) is 1.55. The first kappa shape index (κ1) is 15.7. The molecule has 3 aromatic rings. The molecule has 3 rings (SSSR count). The molecule has 0 unspecified atom stereocenters. The molecule has 0 radical (unpaired) electrons. The van der Waals surface area contributed by atoms with Gasteiger partial charge >= 0.3 is 0 Å². The van der Waals surface area contributed by atoms with Crippen LogP contribution in [0, 0.1) is 12.7 Å². The van der Waals surface area contributed by atoms with Crippen molar-refractivity contribution in [2.75, 3.05) is 17.2 Å². The Bertz CT molecular complexity index is 856. The third-order valence-electron chi connectivity index (χ3n) is 3.44. The van der Waals surface area contributed by atoms with Gasteiger partial charge in [0.25, 0.3) is 0 Å². The average Bonchev–Trinajstić information content (AvgIpc) is 3.16. The van der Waals surface area contributed by atoms with E-state index in [1.807, 2.05) is 6.92 Å². The zero-order chi connectivity index (χ0) is 17.1. The first-order valence-corrected chi connectivity index (χ1v) is 7.37. The number of nitrogens with one attached hydrogen (secondary N) is 2. The topological polar surface area (TPSA) is 76.8 Å². The van der Waals surface area contributed by atoms with Gasteiger partial charge in [-0.15, -0.1) is 0 Å². The summed E-state index contributed by atoms with van der Waals surface area (Å²) in [6.07, 6.45) is 3.31. The molecule has 2 N–H and O–H groups in total. The summed E-state index contributed by atoms with van der Waals surface area (Å²) in [4.78, 5) is 12.1. The second-order valence-corrected chi connectivity index (χ2v) is 5.28. The van der Waals surface area contributed by atoms with Gasteiger partial charge in [0.15, 0.2) is 0 Å². The van der Waals surface area contributed by atoms with Crippen LogP contribution >= 0.6 is 0 Å². The maximum Gasteiger partial charge on any atom is 0.244 e. The number of benzene rings is 1. The minimum Gasteiger partial charge on any atom is -0.372 e. The van der Waals surface area contributed by atoms with Crippen molar-refractivity contribution in [1.82, 2.24) is 19.6 Å². The number of aryl methyl sites for hydroxylation is 2. The predicted octanol–water partition coefficient (Wildman–Crippen LogP) is 2.10. The third-order valence-corrected chi connectivity index (χ3v) is 3.44. The van der Waals surface area contributed by atoms with E-state index in [1.54, 1.807) is 48.4 Å². The molecule has 0 aliphatic rings. The van der Waals surface area contributed by atoms with Gasteiger partial charge < -0.3 is 10.6 Å². The van der Waals surface area contributed by atoms with Crippen molar-refractivity contribution in [1.29, 1.82) is 0 Å². The highest BCUT2D eigenvalue weighted by molar-refractivity contribution is 5.93. The van der Waals surface area contributed by atoms with E-state index in [0.717, 1.165) is 5.69 Å². The number of carbonyl (C=O) groups is 1. The van der Waals surface area contributed by atoms with Crippen LogP contribution in [-0.4, -0.2) is 32.0 Å². The van der Waals surface area contributed by atoms with Crippen molar-refractivity contribution in [3.63, 3.8) is 0 Å². The lowest BCUT2D eigenvalue weighted by Gasteiger charge is -2.13. The zero-order valence-corrected chi connectivity index (χ0v) is 13.3. The average molecular weight is 328 g/mol. The Hall–Kier alpha value is -3.16. The number of hydrogen-bond acceptors (Lipinski definition) is 4. The van der Waals surface area contributed by atoms with Gasteiger partial charge in [-0.3, -0.25) is 9.48 Å². The second kappa shape index (κ2) is 6.53. The highest BCUT2D eigenvalue weighted by atomic mass is 19.1. The molecule has 0 saturated carbocycles. The van der Waals surface area contributed by atoms with E-state index in [-0.39, 0.29) is 18.1 Å². The summed E-state index contributed by atoms with van der Waals surface area (Å²) < 4.78 is 17.2. The molecule has 2 aromatic heterocycles. The summed E-state index contributed by atoms with van der Waals surface area (Å²) in [5.74, 6) is -0.167. The number of aromatic nitrogens is 4. The van der Waals surface area contributed by atoms with E-state index in [9.17, 15) is 9.18 Å². The van der Waals surface area contributed by atoms with Crippen molar-refractivity contribution in [3.05, 3.63) is 54.2 Å². The lowest BCUT2D eigenvalue weighted by Crippen LogP contribution is -2.24. The SMILES string of the molecule is Cc1cc(NC(=O)CNc2c(F)cccc2-n2cccn2)n(C)n1. The summed E-state index contributed by atoms with van der Waals surface area (Å²) in [6, 6.07) is 8.15. The number of amides is 1. The number of anilines is 2. The fourth-order valence-electron chi connectivity index (χ4n) is 2.37. The van der Waals surface area contributed by atoms with Crippen molar-refractivity contribution in [3.8, 4) is 5.69 Å². The maximum absolute atomic E-state index is 14.1. The molecule has 2 heterocycles. The normalized spacial score (nSPS) is 10.6. The number of nitrogens with zero attached hydrogens (tertiary/aromatic N) is 4. The van der Waals surface area contributed by atoms with Gasteiger partial charge in [0.2, 0.25) is 5.91 Å². The number of halogens is 1. The Balaban J connectivity index is 1.73. The highest BCUT2D eigenvalue weighted by Crippen LogP contribution is 2.23. The van der Waals surface area contributed by atoms with Crippen LogP contribution in [0.2, 0.25) is 0 Å². The van der Waals surface area contributed by atoms with Gasteiger partial charge in [0.1, 0.15) is 11.6 Å². The Kier molecular flexibility index (Phi) is 4.28. The first-order valence-electron chi connectivity index (χ1n) is 7.37. The van der Waals surface area contributed by atoms with Crippen LogP contribution in [0.4, 0.5) is 15.9 Å². The van der Waals surface area contributed by atoms with Gasteiger partial charge in [-0.1, -0.05) is 6.07 Å². The monoisotopic (exact) mass is 328 g/mol. The van der Waals surface area contributed by atoms with E-state index < -0.39 is 5.82 Å². The van der Waals surface area contributed by atoms with Crippen molar-refractivity contribution < 1.29 is 9.18 Å². The molecule has 0 aliphatic carbocycles. The zero-order valence-electron chi connectivity index (χ0n) is 13.3.